The number of hydrogen-bond acceptors (Lipinski definition) is 3. The number of carbonyl (C=O) groups is 1. The Morgan fingerprint density at radius 1 is 1.22 bits per heavy atom. The standard InChI is InChI=1S/C18H24N4O/c23-18(13-7-8-17-14(10-13)11-19-21-17)20-15-4-3-9-22(12-15)16-5-1-2-6-16/h7-8,10-11,15-16H,1-6,9,12H2,(H,19,21)(H,20,23)/t15-/m1/s1. The highest BCUT2D eigenvalue weighted by molar-refractivity contribution is 5.98. The van der Waals surface area contributed by atoms with E-state index in [1.54, 1.807) is 6.20 Å². The second-order valence-corrected chi connectivity index (χ2v) is 6.92. The monoisotopic (exact) mass is 312 g/mol. The molecular weight excluding hydrogens is 288 g/mol. The van der Waals surface area contributed by atoms with Crippen LogP contribution in [0.1, 0.15) is 48.9 Å². The van der Waals surface area contributed by atoms with Crippen LogP contribution < -0.4 is 5.32 Å². The fourth-order valence-corrected chi connectivity index (χ4v) is 4.08. The Kier molecular flexibility index (Phi) is 4.04. The summed E-state index contributed by atoms with van der Waals surface area (Å²) in [6.45, 7) is 2.20. The van der Waals surface area contributed by atoms with Gasteiger partial charge in [0.25, 0.3) is 5.91 Å². The first-order chi connectivity index (χ1) is 11.3. The molecule has 4 rings (SSSR count). The zero-order chi connectivity index (χ0) is 15.6. The van der Waals surface area contributed by atoms with Gasteiger partial charge in [-0.05, 0) is 50.4 Å². The number of benzene rings is 1. The summed E-state index contributed by atoms with van der Waals surface area (Å²) in [6, 6.07) is 6.72. The number of H-pyrrole nitrogens is 1. The van der Waals surface area contributed by atoms with E-state index in [0.29, 0.717) is 0 Å². The molecular formula is C18H24N4O. The van der Waals surface area contributed by atoms with Gasteiger partial charge >= 0.3 is 0 Å². The first kappa shape index (κ1) is 14.7. The predicted octanol–water partition coefficient (Wildman–Crippen LogP) is 2.70. The number of fused-ring (bicyclic) bond motifs is 1. The topological polar surface area (TPSA) is 61.0 Å². The maximum absolute atomic E-state index is 12.5. The number of hydrogen-bond donors (Lipinski definition) is 2. The zero-order valence-corrected chi connectivity index (χ0v) is 13.4. The van der Waals surface area contributed by atoms with E-state index < -0.39 is 0 Å². The highest BCUT2D eigenvalue weighted by atomic mass is 16.1. The Hall–Kier alpha value is -1.88. The van der Waals surface area contributed by atoms with Crippen LogP contribution in [-0.2, 0) is 0 Å². The maximum atomic E-state index is 12.5. The number of rotatable bonds is 3. The van der Waals surface area contributed by atoms with Gasteiger partial charge < -0.3 is 5.32 Å². The van der Waals surface area contributed by atoms with Crippen molar-refractivity contribution < 1.29 is 4.79 Å². The van der Waals surface area contributed by atoms with Gasteiger partial charge in [-0.2, -0.15) is 5.10 Å². The van der Waals surface area contributed by atoms with Gasteiger partial charge in [0.15, 0.2) is 0 Å². The van der Waals surface area contributed by atoms with Crippen molar-refractivity contribution in [3.63, 3.8) is 0 Å². The van der Waals surface area contributed by atoms with Crippen LogP contribution in [0.25, 0.3) is 10.9 Å². The predicted molar refractivity (Wildman–Crippen MR) is 90.4 cm³/mol. The Labute approximate surface area is 136 Å². The number of likely N-dealkylation sites (tertiary alicyclic amines) is 1. The molecule has 1 saturated carbocycles. The van der Waals surface area contributed by atoms with Gasteiger partial charge in [0, 0.05) is 29.6 Å². The maximum Gasteiger partial charge on any atom is 0.251 e. The molecule has 1 aromatic heterocycles. The van der Waals surface area contributed by atoms with Crippen LogP contribution in [0.4, 0.5) is 0 Å². The Balaban J connectivity index is 1.41. The molecule has 0 bridgehead atoms. The molecule has 1 aliphatic heterocycles. The van der Waals surface area contributed by atoms with Crippen LogP contribution in [0.3, 0.4) is 0 Å². The Bertz CT molecular complexity index is 689. The van der Waals surface area contributed by atoms with E-state index in [9.17, 15) is 4.79 Å². The highest BCUT2D eigenvalue weighted by Crippen LogP contribution is 2.26. The largest absolute Gasteiger partial charge is 0.348 e. The lowest BCUT2D eigenvalue weighted by Gasteiger charge is -2.37. The van der Waals surface area contributed by atoms with Crippen molar-refractivity contribution in [1.29, 1.82) is 0 Å². The Morgan fingerprint density at radius 2 is 2.09 bits per heavy atom. The van der Waals surface area contributed by atoms with Crippen LogP contribution in [0.2, 0.25) is 0 Å². The summed E-state index contributed by atoms with van der Waals surface area (Å²) in [4.78, 5) is 15.1. The second-order valence-electron chi connectivity index (χ2n) is 6.92. The van der Waals surface area contributed by atoms with Gasteiger partial charge in [0.05, 0.1) is 11.7 Å². The van der Waals surface area contributed by atoms with Crippen molar-refractivity contribution in [2.24, 2.45) is 0 Å². The third-order valence-corrected chi connectivity index (χ3v) is 5.33. The number of nitrogens with one attached hydrogen (secondary N) is 2. The summed E-state index contributed by atoms with van der Waals surface area (Å²) in [5.41, 5.74) is 1.68. The van der Waals surface area contributed by atoms with Crippen molar-refractivity contribution >= 4 is 16.8 Å². The fourth-order valence-electron chi connectivity index (χ4n) is 4.08. The van der Waals surface area contributed by atoms with E-state index in [0.717, 1.165) is 35.5 Å². The summed E-state index contributed by atoms with van der Waals surface area (Å²) < 4.78 is 0. The van der Waals surface area contributed by atoms with Gasteiger partial charge in [-0.15, -0.1) is 0 Å². The average molecular weight is 312 g/mol. The molecule has 0 unspecified atom stereocenters. The van der Waals surface area contributed by atoms with Gasteiger partial charge in [-0.25, -0.2) is 0 Å². The van der Waals surface area contributed by atoms with Crippen molar-refractivity contribution in [2.45, 2.75) is 50.6 Å². The van der Waals surface area contributed by atoms with Crippen LogP contribution in [-0.4, -0.2) is 46.2 Å². The molecule has 5 nitrogen and oxygen atoms in total. The molecule has 1 saturated heterocycles. The Morgan fingerprint density at radius 3 is 2.96 bits per heavy atom. The van der Waals surface area contributed by atoms with Crippen LogP contribution in [0.15, 0.2) is 24.4 Å². The minimum atomic E-state index is 0.0337. The molecule has 122 valence electrons. The molecule has 1 amide bonds. The third kappa shape index (κ3) is 3.11. The van der Waals surface area contributed by atoms with Gasteiger partial charge in [-0.3, -0.25) is 14.8 Å². The van der Waals surface area contributed by atoms with Gasteiger partial charge in [0.1, 0.15) is 0 Å². The molecule has 2 aliphatic rings. The number of aromatic amines is 1. The normalized spacial score (nSPS) is 23.4. The fraction of sp³-hybridized carbons (Fsp3) is 0.556. The lowest BCUT2D eigenvalue weighted by molar-refractivity contribution is 0.0875. The quantitative estimate of drug-likeness (QED) is 0.916. The minimum absolute atomic E-state index is 0.0337. The van der Waals surface area contributed by atoms with Gasteiger partial charge in [0.2, 0.25) is 0 Å². The molecule has 1 atom stereocenters. The first-order valence-corrected chi connectivity index (χ1v) is 8.77. The molecule has 0 radical (unpaired) electrons. The van der Waals surface area contributed by atoms with E-state index >= 15 is 0 Å². The minimum Gasteiger partial charge on any atom is -0.348 e. The van der Waals surface area contributed by atoms with Crippen LogP contribution in [0.5, 0.6) is 0 Å². The van der Waals surface area contributed by atoms with E-state index in [1.165, 1.54) is 38.6 Å². The van der Waals surface area contributed by atoms with Crippen molar-refractivity contribution in [3.8, 4) is 0 Å². The third-order valence-electron chi connectivity index (χ3n) is 5.33. The molecule has 2 heterocycles. The first-order valence-electron chi connectivity index (χ1n) is 8.77. The van der Waals surface area contributed by atoms with E-state index in [-0.39, 0.29) is 11.9 Å². The van der Waals surface area contributed by atoms with E-state index in [4.69, 9.17) is 0 Å². The number of nitrogens with zero attached hydrogens (tertiary/aromatic N) is 2. The van der Waals surface area contributed by atoms with Crippen molar-refractivity contribution in [3.05, 3.63) is 30.0 Å². The van der Waals surface area contributed by atoms with Gasteiger partial charge in [-0.1, -0.05) is 12.8 Å². The summed E-state index contributed by atoms with van der Waals surface area (Å²) in [5.74, 6) is 0.0337. The molecule has 2 aromatic rings. The van der Waals surface area contributed by atoms with Crippen molar-refractivity contribution in [1.82, 2.24) is 20.4 Å². The summed E-state index contributed by atoms with van der Waals surface area (Å²) in [7, 11) is 0. The van der Waals surface area contributed by atoms with Crippen LogP contribution in [0, 0.1) is 0 Å². The van der Waals surface area contributed by atoms with E-state index in [2.05, 4.69) is 20.4 Å². The number of amides is 1. The number of piperidine rings is 1. The average Bonchev–Trinajstić information content (AvgIpc) is 3.26. The SMILES string of the molecule is O=C(N[C@@H]1CCCN(C2CCCC2)C1)c1ccc2[nH]ncc2c1. The van der Waals surface area contributed by atoms with E-state index in [1.807, 2.05) is 18.2 Å². The molecule has 1 aliphatic carbocycles. The number of aromatic nitrogens is 2. The molecule has 5 heteroatoms. The highest BCUT2D eigenvalue weighted by Gasteiger charge is 2.28. The molecule has 1 aromatic carbocycles. The van der Waals surface area contributed by atoms with Crippen molar-refractivity contribution in [2.75, 3.05) is 13.1 Å². The zero-order valence-electron chi connectivity index (χ0n) is 13.4. The number of carbonyl (C=O) groups excluding carboxylic acids is 1. The van der Waals surface area contributed by atoms with Crippen LogP contribution >= 0.6 is 0 Å². The molecule has 0 spiro atoms. The smallest absolute Gasteiger partial charge is 0.251 e. The lowest BCUT2D eigenvalue weighted by Crippen LogP contribution is -2.50. The molecule has 2 N–H and O–H groups in total. The second kappa shape index (κ2) is 6.32. The molecule has 23 heavy (non-hydrogen) atoms. The summed E-state index contributed by atoms with van der Waals surface area (Å²) in [5, 5.41) is 11.1. The lowest BCUT2D eigenvalue weighted by atomic mass is 10.0. The molecule has 2 fully saturated rings. The summed E-state index contributed by atoms with van der Waals surface area (Å²) in [6.07, 6.45) is 9.42. The summed E-state index contributed by atoms with van der Waals surface area (Å²) >= 11 is 0.